The van der Waals surface area contributed by atoms with Gasteiger partial charge in [0.1, 0.15) is 11.8 Å². The van der Waals surface area contributed by atoms with Crippen LogP contribution in [0.4, 0.5) is 0 Å². The van der Waals surface area contributed by atoms with E-state index in [1.54, 1.807) is 23.5 Å². The van der Waals surface area contributed by atoms with E-state index in [1.165, 1.54) is 11.3 Å². The van der Waals surface area contributed by atoms with Crippen LogP contribution in [0.25, 0.3) is 0 Å². The Morgan fingerprint density at radius 1 is 1.38 bits per heavy atom. The topological polar surface area (TPSA) is 66.8 Å². The second-order valence-electron chi connectivity index (χ2n) is 5.76. The summed E-state index contributed by atoms with van der Waals surface area (Å²) in [6.45, 7) is 0. The number of amides is 1. The number of ether oxygens (including phenoxy) is 1. The standard InChI is InChI=1S/C15H19NO4S/c1-20-10-7-13(21-8-10)14(17)16-11-5-3-2-4-9(11)6-12(16)15(18)19/h7-9,11-12H,2-6H2,1H3,(H,18,19). The summed E-state index contributed by atoms with van der Waals surface area (Å²) in [5, 5.41) is 11.2. The fourth-order valence-corrected chi connectivity index (χ4v) is 4.44. The van der Waals surface area contributed by atoms with Gasteiger partial charge in [0.25, 0.3) is 5.91 Å². The lowest BCUT2D eigenvalue weighted by molar-refractivity contribution is -0.141. The molecule has 2 heterocycles. The number of likely N-dealkylation sites (tertiary alicyclic amines) is 1. The summed E-state index contributed by atoms with van der Waals surface area (Å²) in [5.74, 6) is -0.0633. The molecule has 2 fully saturated rings. The van der Waals surface area contributed by atoms with Gasteiger partial charge in [-0.2, -0.15) is 0 Å². The average molecular weight is 309 g/mol. The Kier molecular flexibility index (Phi) is 3.89. The molecule has 1 aliphatic carbocycles. The highest BCUT2D eigenvalue weighted by molar-refractivity contribution is 7.12. The van der Waals surface area contributed by atoms with Crippen molar-refractivity contribution in [3.8, 4) is 5.75 Å². The van der Waals surface area contributed by atoms with Crippen molar-refractivity contribution in [3.63, 3.8) is 0 Å². The van der Waals surface area contributed by atoms with Crippen LogP contribution in [0.5, 0.6) is 5.75 Å². The molecule has 1 aromatic rings. The number of carbonyl (C=O) groups excluding carboxylic acids is 1. The van der Waals surface area contributed by atoms with Crippen LogP contribution in [0, 0.1) is 5.92 Å². The number of carboxylic acid groups (broad SMARTS) is 1. The Hall–Kier alpha value is -1.56. The van der Waals surface area contributed by atoms with E-state index < -0.39 is 12.0 Å². The summed E-state index contributed by atoms with van der Waals surface area (Å²) in [6, 6.07) is 1.10. The van der Waals surface area contributed by atoms with Crippen molar-refractivity contribution in [2.24, 2.45) is 5.92 Å². The van der Waals surface area contributed by atoms with Crippen molar-refractivity contribution >= 4 is 23.2 Å². The first-order valence-corrected chi connectivity index (χ1v) is 8.17. The molecule has 0 bridgehead atoms. The van der Waals surface area contributed by atoms with Crippen LogP contribution < -0.4 is 4.74 Å². The molecule has 1 saturated carbocycles. The van der Waals surface area contributed by atoms with Gasteiger partial charge >= 0.3 is 5.97 Å². The third kappa shape index (κ3) is 2.52. The number of hydrogen-bond donors (Lipinski definition) is 1. The first kappa shape index (κ1) is 14.4. The SMILES string of the molecule is COc1csc(C(=O)N2C(C(=O)O)CC3CCCCC32)c1. The van der Waals surface area contributed by atoms with Crippen molar-refractivity contribution in [1.29, 1.82) is 0 Å². The Morgan fingerprint density at radius 2 is 2.14 bits per heavy atom. The van der Waals surface area contributed by atoms with Crippen LogP contribution in [0.15, 0.2) is 11.4 Å². The highest BCUT2D eigenvalue weighted by atomic mass is 32.1. The minimum absolute atomic E-state index is 0.0837. The Balaban J connectivity index is 1.88. The minimum atomic E-state index is -0.888. The molecule has 21 heavy (non-hydrogen) atoms. The van der Waals surface area contributed by atoms with Crippen LogP contribution in [-0.4, -0.2) is 41.1 Å². The molecule has 1 aliphatic heterocycles. The van der Waals surface area contributed by atoms with E-state index in [2.05, 4.69) is 0 Å². The summed E-state index contributed by atoms with van der Waals surface area (Å²) in [7, 11) is 1.56. The number of carboxylic acids is 1. The van der Waals surface area contributed by atoms with Gasteiger partial charge in [0, 0.05) is 17.5 Å². The average Bonchev–Trinajstić information content (AvgIpc) is 3.11. The minimum Gasteiger partial charge on any atom is -0.496 e. The molecule has 0 aromatic carbocycles. The molecule has 0 spiro atoms. The zero-order valence-corrected chi connectivity index (χ0v) is 12.8. The van der Waals surface area contributed by atoms with Crippen LogP contribution in [0.1, 0.15) is 41.8 Å². The number of carbonyl (C=O) groups is 2. The highest BCUT2D eigenvalue weighted by Gasteiger charge is 2.47. The van der Waals surface area contributed by atoms with E-state index >= 15 is 0 Å². The van der Waals surface area contributed by atoms with Gasteiger partial charge in [-0.15, -0.1) is 11.3 Å². The van der Waals surface area contributed by atoms with Crippen molar-refractivity contribution in [3.05, 3.63) is 16.3 Å². The van der Waals surface area contributed by atoms with E-state index in [9.17, 15) is 14.7 Å². The van der Waals surface area contributed by atoms with Crippen LogP contribution in [0.2, 0.25) is 0 Å². The molecule has 1 saturated heterocycles. The number of rotatable bonds is 3. The van der Waals surface area contributed by atoms with Crippen LogP contribution >= 0.6 is 11.3 Å². The Labute approximate surface area is 127 Å². The van der Waals surface area contributed by atoms with Gasteiger partial charge in [0.2, 0.25) is 0 Å². The number of nitrogens with zero attached hydrogens (tertiary/aromatic N) is 1. The number of fused-ring (bicyclic) bond motifs is 1. The Morgan fingerprint density at radius 3 is 2.81 bits per heavy atom. The van der Waals surface area contributed by atoms with Crippen LogP contribution in [-0.2, 0) is 4.79 Å². The molecule has 114 valence electrons. The fraction of sp³-hybridized carbons (Fsp3) is 0.600. The molecule has 5 nitrogen and oxygen atoms in total. The first-order chi connectivity index (χ1) is 10.1. The van der Waals surface area contributed by atoms with Gasteiger partial charge < -0.3 is 14.7 Å². The normalized spacial score (nSPS) is 28.2. The predicted molar refractivity (Wildman–Crippen MR) is 78.8 cm³/mol. The lowest BCUT2D eigenvalue weighted by Crippen LogP contribution is -2.46. The molecule has 1 aromatic heterocycles. The van der Waals surface area contributed by atoms with E-state index in [-0.39, 0.29) is 11.9 Å². The maximum Gasteiger partial charge on any atom is 0.326 e. The Bertz CT molecular complexity index is 556. The molecule has 1 N–H and O–H groups in total. The molecule has 3 rings (SSSR count). The van der Waals surface area contributed by atoms with Gasteiger partial charge in [-0.25, -0.2) is 4.79 Å². The largest absolute Gasteiger partial charge is 0.496 e. The summed E-state index contributed by atoms with van der Waals surface area (Å²) in [5.41, 5.74) is 0. The summed E-state index contributed by atoms with van der Waals surface area (Å²) in [4.78, 5) is 26.5. The van der Waals surface area contributed by atoms with Crippen molar-refractivity contribution < 1.29 is 19.4 Å². The summed E-state index contributed by atoms with van der Waals surface area (Å²) in [6.07, 6.45) is 4.76. The summed E-state index contributed by atoms with van der Waals surface area (Å²) >= 11 is 1.31. The predicted octanol–water partition coefficient (Wildman–Crippen LogP) is 2.61. The second-order valence-corrected chi connectivity index (χ2v) is 6.68. The highest BCUT2D eigenvalue weighted by Crippen LogP contribution is 2.41. The number of methoxy groups -OCH3 is 1. The third-order valence-corrected chi connectivity index (χ3v) is 5.53. The molecule has 3 unspecified atom stereocenters. The second kappa shape index (κ2) is 5.67. The lowest BCUT2D eigenvalue weighted by atomic mass is 9.85. The van der Waals surface area contributed by atoms with E-state index in [0.29, 0.717) is 23.0 Å². The maximum atomic E-state index is 12.8. The van der Waals surface area contributed by atoms with Crippen molar-refractivity contribution in [1.82, 2.24) is 4.90 Å². The van der Waals surface area contributed by atoms with Crippen molar-refractivity contribution in [2.45, 2.75) is 44.2 Å². The van der Waals surface area contributed by atoms with Crippen molar-refractivity contribution in [2.75, 3.05) is 7.11 Å². The van der Waals surface area contributed by atoms with Gasteiger partial charge in [0.05, 0.1) is 12.0 Å². The van der Waals surface area contributed by atoms with Crippen LogP contribution in [0.3, 0.4) is 0 Å². The van der Waals surface area contributed by atoms with Gasteiger partial charge in [-0.3, -0.25) is 4.79 Å². The van der Waals surface area contributed by atoms with E-state index in [1.807, 2.05) is 0 Å². The quantitative estimate of drug-likeness (QED) is 0.932. The number of hydrogen-bond acceptors (Lipinski definition) is 4. The fourth-order valence-electron chi connectivity index (χ4n) is 3.64. The van der Waals surface area contributed by atoms with E-state index in [4.69, 9.17) is 4.74 Å². The summed E-state index contributed by atoms with van der Waals surface area (Å²) < 4.78 is 5.11. The molecule has 2 aliphatic rings. The zero-order valence-electron chi connectivity index (χ0n) is 11.9. The van der Waals surface area contributed by atoms with Gasteiger partial charge in [-0.05, 0) is 25.2 Å². The molecular weight excluding hydrogens is 290 g/mol. The monoisotopic (exact) mass is 309 g/mol. The maximum absolute atomic E-state index is 12.8. The van der Waals surface area contributed by atoms with E-state index in [0.717, 1.165) is 25.7 Å². The molecule has 1 amide bonds. The molecular formula is C15H19NO4S. The van der Waals surface area contributed by atoms with Gasteiger partial charge in [0.15, 0.2) is 0 Å². The van der Waals surface area contributed by atoms with Gasteiger partial charge in [-0.1, -0.05) is 12.8 Å². The smallest absolute Gasteiger partial charge is 0.326 e. The number of thiophene rings is 1. The molecule has 0 radical (unpaired) electrons. The molecule has 3 atom stereocenters. The zero-order chi connectivity index (χ0) is 15.0. The lowest BCUT2D eigenvalue weighted by Gasteiger charge is -2.32. The first-order valence-electron chi connectivity index (χ1n) is 7.30. The number of aliphatic carboxylic acids is 1. The molecule has 6 heteroatoms. The third-order valence-electron chi connectivity index (χ3n) is 4.63.